The molecule has 0 saturated carbocycles. The van der Waals surface area contributed by atoms with Crippen LogP contribution in [0.25, 0.3) is 10.2 Å². The van der Waals surface area contributed by atoms with Crippen molar-refractivity contribution in [3.63, 3.8) is 0 Å². The Bertz CT molecular complexity index is 919. The summed E-state index contributed by atoms with van der Waals surface area (Å²) in [7, 11) is 3.89. The summed E-state index contributed by atoms with van der Waals surface area (Å²) in [6, 6.07) is 6.03. The number of methoxy groups -OCH3 is 1. The fourth-order valence-corrected chi connectivity index (χ4v) is 3.51. The summed E-state index contributed by atoms with van der Waals surface area (Å²) in [5.74, 6) is -3.85. The molecule has 192 valence electrons. The van der Waals surface area contributed by atoms with E-state index in [9.17, 15) is 26.3 Å². The van der Waals surface area contributed by atoms with Crippen molar-refractivity contribution < 1.29 is 50.9 Å². The molecule has 1 aromatic heterocycles. The number of aromatic nitrogens is 1. The molecule has 34 heavy (non-hydrogen) atoms. The molecule has 3 rings (SSSR count). The molecular formula is C19H23F6N3O5S. The number of halogens is 6. The van der Waals surface area contributed by atoms with E-state index in [0.717, 1.165) is 28.9 Å². The molecule has 0 amide bonds. The maximum atomic E-state index is 10.6. The number of hydrogen-bond donors (Lipinski definition) is 3. The fraction of sp³-hybridized carbons (Fsp3) is 0.526. The zero-order valence-corrected chi connectivity index (χ0v) is 18.9. The number of benzene rings is 1. The minimum absolute atomic E-state index is 0.771. The summed E-state index contributed by atoms with van der Waals surface area (Å²) >= 11 is 1.70. The van der Waals surface area contributed by atoms with Gasteiger partial charge in [-0.15, -0.1) is 0 Å². The monoisotopic (exact) mass is 519 g/mol. The molecule has 0 bridgehead atoms. The highest BCUT2D eigenvalue weighted by molar-refractivity contribution is 7.22. The highest BCUT2D eigenvalue weighted by Crippen LogP contribution is 2.29. The second-order valence-electron chi connectivity index (χ2n) is 7.09. The number of piperidine rings is 1. The van der Waals surface area contributed by atoms with Gasteiger partial charge in [-0.3, -0.25) is 0 Å². The van der Waals surface area contributed by atoms with Gasteiger partial charge in [0.1, 0.15) is 5.75 Å². The Kier molecular flexibility index (Phi) is 10.8. The van der Waals surface area contributed by atoms with Crippen LogP contribution in [-0.2, 0) is 9.59 Å². The highest BCUT2D eigenvalue weighted by Gasteiger charge is 2.38. The number of alkyl halides is 6. The highest BCUT2D eigenvalue weighted by atomic mass is 32.1. The lowest BCUT2D eigenvalue weighted by molar-refractivity contribution is -0.193. The first-order chi connectivity index (χ1) is 15.6. The molecule has 8 nitrogen and oxygen atoms in total. The van der Waals surface area contributed by atoms with Crippen LogP contribution in [0, 0.1) is 5.92 Å². The van der Waals surface area contributed by atoms with Crippen molar-refractivity contribution in [2.75, 3.05) is 39.1 Å². The molecule has 0 atom stereocenters. The van der Waals surface area contributed by atoms with Crippen molar-refractivity contribution in [1.82, 2.24) is 9.88 Å². The van der Waals surface area contributed by atoms with Gasteiger partial charge in [-0.1, -0.05) is 11.3 Å². The van der Waals surface area contributed by atoms with Crippen LogP contribution < -0.4 is 10.1 Å². The number of thiazole rings is 1. The van der Waals surface area contributed by atoms with Crippen LogP contribution >= 0.6 is 11.3 Å². The molecule has 3 N–H and O–H groups in total. The smallest absolute Gasteiger partial charge is 0.490 e. The average Bonchev–Trinajstić information content (AvgIpc) is 3.15. The number of nitrogens with one attached hydrogen (secondary N) is 1. The van der Waals surface area contributed by atoms with Gasteiger partial charge in [0.2, 0.25) is 0 Å². The van der Waals surface area contributed by atoms with Crippen molar-refractivity contribution >= 4 is 38.6 Å². The average molecular weight is 519 g/mol. The number of aliphatic carboxylic acids is 2. The Morgan fingerprint density at radius 2 is 1.62 bits per heavy atom. The number of carboxylic acid groups (broad SMARTS) is 2. The van der Waals surface area contributed by atoms with Crippen LogP contribution in [0.5, 0.6) is 5.75 Å². The van der Waals surface area contributed by atoms with Crippen molar-refractivity contribution in [2.24, 2.45) is 5.92 Å². The second-order valence-corrected chi connectivity index (χ2v) is 8.12. The Morgan fingerprint density at radius 1 is 1.12 bits per heavy atom. The Labute approximate surface area is 194 Å². The lowest BCUT2D eigenvalue weighted by Gasteiger charge is -2.28. The molecule has 1 aliphatic rings. The molecular weight excluding hydrogens is 496 g/mol. The van der Waals surface area contributed by atoms with E-state index in [1.54, 1.807) is 18.4 Å². The van der Waals surface area contributed by atoms with Gasteiger partial charge in [-0.25, -0.2) is 14.6 Å². The van der Waals surface area contributed by atoms with Gasteiger partial charge in [0.05, 0.1) is 17.3 Å². The lowest BCUT2D eigenvalue weighted by Crippen LogP contribution is -2.32. The van der Waals surface area contributed by atoms with Crippen LogP contribution in [0.1, 0.15) is 12.8 Å². The van der Waals surface area contributed by atoms with Gasteiger partial charge in [-0.05, 0) is 57.1 Å². The molecule has 15 heteroatoms. The third-order valence-corrected chi connectivity index (χ3v) is 5.44. The summed E-state index contributed by atoms with van der Waals surface area (Å²) in [6.45, 7) is 3.46. The normalized spacial score (nSPS) is 14.9. The maximum Gasteiger partial charge on any atom is 0.490 e. The molecule has 0 spiro atoms. The maximum absolute atomic E-state index is 10.6. The standard InChI is InChI=1S/C15H21N3OS.2C2HF3O2/c1-18-7-5-11(6-8-18)10-16-15-17-13-4-3-12(19-2)9-14(13)20-15;2*3-2(4,5)1(6)7/h3-4,9,11H,5-8,10H2,1-2H3,(H,16,17);2*(H,6,7). The Morgan fingerprint density at radius 3 is 2.06 bits per heavy atom. The van der Waals surface area contributed by atoms with E-state index >= 15 is 0 Å². The van der Waals surface area contributed by atoms with E-state index in [0.29, 0.717) is 0 Å². The van der Waals surface area contributed by atoms with Gasteiger partial charge in [-0.2, -0.15) is 26.3 Å². The molecule has 2 aromatic rings. The Hall–Kier alpha value is -2.81. The molecule has 1 aromatic carbocycles. The molecule has 2 heterocycles. The number of carbonyl (C=O) groups is 2. The van der Waals surface area contributed by atoms with E-state index in [2.05, 4.69) is 22.2 Å². The number of rotatable bonds is 4. The number of ether oxygens (including phenoxy) is 1. The van der Waals surface area contributed by atoms with E-state index in [4.69, 9.17) is 24.5 Å². The van der Waals surface area contributed by atoms with Crippen LogP contribution in [-0.4, -0.2) is 78.2 Å². The minimum Gasteiger partial charge on any atom is -0.497 e. The summed E-state index contributed by atoms with van der Waals surface area (Å²) < 4.78 is 69.9. The molecule has 1 saturated heterocycles. The first-order valence-corrected chi connectivity index (χ1v) is 10.4. The number of nitrogens with zero attached hydrogens (tertiary/aromatic N) is 2. The van der Waals surface area contributed by atoms with Crippen molar-refractivity contribution in [2.45, 2.75) is 25.2 Å². The Balaban J connectivity index is 0.000000343. The summed E-state index contributed by atoms with van der Waals surface area (Å²) in [4.78, 5) is 24.8. The lowest BCUT2D eigenvalue weighted by atomic mass is 9.97. The van der Waals surface area contributed by atoms with Crippen LogP contribution in [0.15, 0.2) is 18.2 Å². The first kappa shape index (κ1) is 29.2. The van der Waals surface area contributed by atoms with Crippen molar-refractivity contribution in [3.8, 4) is 5.75 Å². The van der Waals surface area contributed by atoms with Crippen LogP contribution in [0.4, 0.5) is 31.5 Å². The SMILES string of the molecule is COc1ccc2nc(NCC3CCN(C)CC3)sc2c1.O=C(O)C(F)(F)F.O=C(O)C(F)(F)F. The zero-order valence-electron chi connectivity index (χ0n) is 18.0. The van der Waals surface area contributed by atoms with Gasteiger partial charge in [0.15, 0.2) is 5.13 Å². The van der Waals surface area contributed by atoms with Crippen molar-refractivity contribution in [1.29, 1.82) is 0 Å². The van der Waals surface area contributed by atoms with Gasteiger partial charge in [0, 0.05) is 6.54 Å². The number of likely N-dealkylation sites (tertiary alicyclic amines) is 1. The summed E-state index contributed by atoms with van der Waals surface area (Å²) in [5, 5.41) is 18.8. The summed E-state index contributed by atoms with van der Waals surface area (Å²) in [6.07, 6.45) is -7.61. The second kappa shape index (κ2) is 12.6. The third-order valence-electron chi connectivity index (χ3n) is 4.46. The fourth-order valence-electron chi connectivity index (χ4n) is 2.61. The van der Waals surface area contributed by atoms with E-state index in [1.165, 1.54) is 30.6 Å². The molecule has 0 radical (unpaired) electrons. The topological polar surface area (TPSA) is 112 Å². The number of hydrogen-bond acceptors (Lipinski definition) is 7. The van der Waals surface area contributed by atoms with E-state index in [1.807, 2.05) is 18.2 Å². The predicted octanol–water partition coefficient (Wildman–Crippen LogP) is 4.33. The molecule has 1 aliphatic heterocycles. The van der Waals surface area contributed by atoms with Crippen LogP contribution in [0.3, 0.4) is 0 Å². The minimum atomic E-state index is -5.08. The number of carboxylic acids is 2. The first-order valence-electron chi connectivity index (χ1n) is 9.60. The van der Waals surface area contributed by atoms with Crippen molar-refractivity contribution in [3.05, 3.63) is 18.2 Å². The molecule has 0 unspecified atom stereocenters. The van der Waals surface area contributed by atoms with Crippen LogP contribution in [0.2, 0.25) is 0 Å². The summed E-state index contributed by atoms with van der Waals surface area (Å²) in [5.41, 5.74) is 1.04. The van der Waals surface area contributed by atoms with Gasteiger partial charge in [0.25, 0.3) is 0 Å². The van der Waals surface area contributed by atoms with Gasteiger partial charge >= 0.3 is 24.3 Å². The third kappa shape index (κ3) is 10.4. The van der Waals surface area contributed by atoms with Gasteiger partial charge < -0.3 is 25.2 Å². The molecule has 1 fully saturated rings. The zero-order chi connectivity index (χ0) is 26.1. The predicted molar refractivity (Wildman–Crippen MR) is 112 cm³/mol. The largest absolute Gasteiger partial charge is 0.497 e. The van der Waals surface area contributed by atoms with E-state index < -0.39 is 24.3 Å². The number of anilines is 1. The number of fused-ring (bicyclic) bond motifs is 1. The van der Waals surface area contributed by atoms with E-state index in [-0.39, 0.29) is 0 Å². The molecule has 0 aliphatic carbocycles. The quantitative estimate of drug-likeness (QED) is 0.512.